The predicted octanol–water partition coefficient (Wildman–Crippen LogP) is 3.62. The summed E-state index contributed by atoms with van der Waals surface area (Å²) in [6.45, 7) is 1.55. The molecule has 4 rings (SSSR count). The molecule has 7 nitrogen and oxygen atoms in total. The fourth-order valence-electron chi connectivity index (χ4n) is 2.94. The molecule has 0 saturated heterocycles. The molecule has 0 fully saturated rings. The summed E-state index contributed by atoms with van der Waals surface area (Å²) in [6.07, 6.45) is 1.68. The normalized spacial score (nSPS) is 11.1. The van der Waals surface area contributed by atoms with Gasteiger partial charge in [-0.15, -0.1) is 11.3 Å². The number of thiophene rings is 1. The Kier molecular flexibility index (Phi) is 4.74. The number of hydrogen-bond donors (Lipinski definition) is 1. The number of anilines is 1. The average molecular weight is 415 g/mol. The Morgan fingerprint density at radius 3 is 2.93 bits per heavy atom. The Balaban J connectivity index is 1.65. The molecule has 0 radical (unpaired) electrons. The number of rotatable bonds is 4. The minimum absolute atomic E-state index is 0.154. The van der Waals surface area contributed by atoms with Gasteiger partial charge in [-0.3, -0.25) is 14.2 Å². The number of aromatic nitrogens is 3. The lowest BCUT2D eigenvalue weighted by molar-refractivity contribution is -0.116. The second-order valence-electron chi connectivity index (χ2n) is 6.08. The number of nitrogens with zero attached hydrogens (tertiary/aromatic N) is 3. The van der Waals surface area contributed by atoms with E-state index in [1.54, 1.807) is 31.3 Å². The highest BCUT2D eigenvalue weighted by Gasteiger charge is 2.16. The lowest BCUT2D eigenvalue weighted by Crippen LogP contribution is -2.29. The molecule has 1 aromatic carbocycles. The van der Waals surface area contributed by atoms with Crippen molar-refractivity contribution >= 4 is 55.0 Å². The molecule has 1 amide bonds. The van der Waals surface area contributed by atoms with Crippen LogP contribution >= 0.6 is 22.9 Å². The van der Waals surface area contributed by atoms with Crippen LogP contribution in [0, 0.1) is 6.92 Å². The third kappa shape index (κ3) is 3.21. The summed E-state index contributed by atoms with van der Waals surface area (Å²) >= 11 is 7.36. The molecule has 0 spiro atoms. The van der Waals surface area contributed by atoms with Crippen molar-refractivity contribution in [3.8, 4) is 5.75 Å². The molecule has 1 N–H and O–H groups in total. The topological polar surface area (TPSA) is 86.1 Å². The fourth-order valence-corrected chi connectivity index (χ4v) is 4.23. The van der Waals surface area contributed by atoms with Gasteiger partial charge in [0.25, 0.3) is 5.56 Å². The Bertz CT molecular complexity index is 1280. The van der Waals surface area contributed by atoms with Gasteiger partial charge in [0.15, 0.2) is 0 Å². The van der Waals surface area contributed by atoms with E-state index in [0.717, 1.165) is 10.2 Å². The molecular formula is C19H15ClN4O3S. The first kappa shape index (κ1) is 18.4. The molecule has 3 heterocycles. The van der Waals surface area contributed by atoms with Gasteiger partial charge in [0.05, 0.1) is 17.6 Å². The van der Waals surface area contributed by atoms with Crippen LogP contribution in [0.25, 0.3) is 20.4 Å². The third-order valence-electron chi connectivity index (χ3n) is 4.28. The first-order valence-corrected chi connectivity index (χ1v) is 9.55. The van der Waals surface area contributed by atoms with Gasteiger partial charge in [-0.1, -0.05) is 11.6 Å². The van der Waals surface area contributed by atoms with Crippen LogP contribution in [-0.4, -0.2) is 27.6 Å². The van der Waals surface area contributed by atoms with Crippen molar-refractivity contribution in [2.75, 3.05) is 12.4 Å². The summed E-state index contributed by atoms with van der Waals surface area (Å²) in [4.78, 5) is 35.0. The lowest BCUT2D eigenvalue weighted by Gasteiger charge is -2.11. The zero-order chi connectivity index (χ0) is 19.8. The number of aryl methyl sites for hydroxylation is 1. The maximum atomic E-state index is 12.9. The molecule has 0 atom stereocenters. The number of fused-ring (bicyclic) bond motifs is 3. The minimum atomic E-state index is -0.355. The van der Waals surface area contributed by atoms with E-state index in [1.165, 1.54) is 23.0 Å². The number of pyridine rings is 1. The van der Waals surface area contributed by atoms with E-state index in [0.29, 0.717) is 32.5 Å². The van der Waals surface area contributed by atoms with Gasteiger partial charge in [0, 0.05) is 17.3 Å². The second-order valence-corrected chi connectivity index (χ2v) is 7.49. The highest BCUT2D eigenvalue weighted by atomic mass is 35.5. The van der Waals surface area contributed by atoms with Gasteiger partial charge in [0.2, 0.25) is 5.91 Å². The maximum absolute atomic E-state index is 12.9. The van der Waals surface area contributed by atoms with Crippen LogP contribution in [0.1, 0.15) is 5.82 Å². The zero-order valence-electron chi connectivity index (χ0n) is 15.0. The Morgan fingerprint density at radius 2 is 2.18 bits per heavy atom. The van der Waals surface area contributed by atoms with E-state index >= 15 is 0 Å². The summed E-state index contributed by atoms with van der Waals surface area (Å²) in [5, 5.41) is 3.96. The van der Waals surface area contributed by atoms with Crippen molar-refractivity contribution in [1.82, 2.24) is 14.5 Å². The molecule has 0 saturated carbocycles. The number of carbonyl (C=O) groups is 1. The van der Waals surface area contributed by atoms with Gasteiger partial charge in [-0.2, -0.15) is 0 Å². The van der Waals surface area contributed by atoms with Crippen molar-refractivity contribution in [2.24, 2.45) is 0 Å². The molecule has 3 aromatic heterocycles. The van der Waals surface area contributed by atoms with Gasteiger partial charge < -0.3 is 10.1 Å². The molecule has 0 unspecified atom stereocenters. The third-order valence-corrected chi connectivity index (χ3v) is 5.67. The Labute approximate surface area is 168 Å². The number of hydrogen-bond acceptors (Lipinski definition) is 6. The van der Waals surface area contributed by atoms with Crippen molar-refractivity contribution < 1.29 is 9.53 Å². The number of carbonyl (C=O) groups excluding carboxylic acids is 1. The summed E-state index contributed by atoms with van der Waals surface area (Å²) in [5.41, 5.74) is 0.879. The standard InChI is InChI=1S/C19H15ClN4O3S/c1-10-22-16-12-4-3-7-21-18(12)28-17(16)19(26)24(10)9-15(25)23-11-5-6-14(27-2)13(20)8-11/h3-8H,9H2,1-2H3,(H,23,25). The number of halogens is 1. The number of benzene rings is 1. The lowest BCUT2D eigenvalue weighted by atomic mass is 10.3. The SMILES string of the molecule is COc1ccc(NC(=O)Cn2c(C)nc3c(sc4ncccc43)c2=O)cc1Cl. The molecular weight excluding hydrogens is 400 g/mol. The highest BCUT2D eigenvalue weighted by Crippen LogP contribution is 2.29. The van der Waals surface area contributed by atoms with Crippen molar-refractivity contribution in [2.45, 2.75) is 13.5 Å². The van der Waals surface area contributed by atoms with Crippen LogP contribution in [-0.2, 0) is 11.3 Å². The first-order chi connectivity index (χ1) is 13.5. The first-order valence-electron chi connectivity index (χ1n) is 8.36. The molecule has 0 aliphatic rings. The molecule has 28 heavy (non-hydrogen) atoms. The number of ether oxygens (including phenoxy) is 1. The minimum Gasteiger partial charge on any atom is -0.495 e. The van der Waals surface area contributed by atoms with E-state index in [4.69, 9.17) is 16.3 Å². The fraction of sp³-hybridized carbons (Fsp3) is 0.158. The summed E-state index contributed by atoms with van der Waals surface area (Å²) in [7, 11) is 1.52. The van der Waals surface area contributed by atoms with Gasteiger partial charge >= 0.3 is 0 Å². The molecule has 9 heteroatoms. The maximum Gasteiger partial charge on any atom is 0.272 e. The predicted molar refractivity (Wildman–Crippen MR) is 111 cm³/mol. The van der Waals surface area contributed by atoms with E-state index in [9.17, 15) is 9.59 Å². The largest absolute Gasteiger partial charge is 0.495 e. The summed E-state index contributed by atoms with van der Waals surface area (Å²) in [6, 6.07) is 8.62. The highest BCUT2D eigenvalue weighted by molar-refractivity contribution is 7.25. The molecule has 4 aromatic rings. The number of amides is 1. The van der Waals surface area contributed by atoms with Crippen LogP contribution < -0.4 is 15.6 Å². The van der Waals surface area contributed by atoms with Crippen LogP contribution in [0.2, 0.25) is 5.02 Å². The van der Waals surface area contributed by atoms with Crippen molar-refractivity contribution in [1.29, 1.82) is 0 Å². The molecule has 0 aliphatic heterocycles. The Morgan fingerprint density at radius 1 is 1.36 bits per heavy atom. The van der Waals surface area contributed by atoms with Crippen LogP contribution in [0.15, 0.2) is 41.3 Å². The van der Waals surface area contributed by atoms with Crippen LogP contribution in [0.4, 0.5) is 5.69 Å². The molecule has 0 bridgehead atoms. The quantitative estimate of drug-likeness (QED) is 0.551. The zero-order valence-corrected chi connectivity index (χ0v) is 16.6. The van der Waals surface area contributed by atoms with Gasteiger partial charge in [-0.05, 0) is 37.3 Å². The van der Waals surface area contributed by atoms with Gasteiger partial charge in [0.1, 0.15) is 27.6 Å². The summed E-state index contributed by atoms with van der Waals surface area (Å²) in [5.74, 6) is 0.621. The Hall–Kier alpha value is -2.97. The van der Waals surface area contributed by atoms with E-state index in [-0.39, 0.29) is 18.0 Å². The van der Waals surface area contributed by atoms with E-state index in [2.05, 4.69) is 15.3 Å². The monoisotopic (exact) mass is 414 g/mol. The van der Waals surface area contributed by atoms with E-state index < -0.39 is 0 Å². The summed E-state index contributed by atoms with van der Waals surface area (Å²) < 4.78 is 6.94. The van der Waals surface area contributed by atoms with E-state index in [1.807, 2.05) is 12.1 Å². The molecule has 142 valence electrons. The van der Waals surface area contributed by atoms with Crippen molar-refractivity contribution in [3.05, 3.63) is 57.7 Å². The second kappa shape index (κ2) is 7.21. The van der Waals surface area contributed by atoms with Crippen LogP contribution in [0.3, 0.4) is 0 Å². The average Bonchev–Trinajstić information content (AvgIpc) is 3.04. The molecule has 0 aliphatic carbocycles. The van der Waals surface area contributed by atoms with Crippen molar-refractivity contribution in [3.63, 3.8) is 0 Å². The smallest absolute Gasteiger partial charge is 0.272 e. The number of nitrogens with one attached hydrogen (secondary N) is 1. The number of methoxy groups -OCH3 is 1. The van der Waals surface area contributed by atoms with Crippen LogP contribution in [0.5, 0.6) is 5.75 Å². The van der Waals surface area contributed by atoms with Gasteiger partial charge in [-0.25, -0.2) is 9.97 Å².